The number of nitrogens with one attached hydrogen (secondary N) is 2. The van der Waals surface area contributed by atoms with Gasteiger partial charge in [0.25, 0.3) is 5.91 Å². The van der Waals surface area contributed by atoms with Crippen molar-refractivity contribution in [1.29, 1.82) is 0 Å². The van der Waals surface area contributed by atoms with E-state index in [1.165, 1.54) is 29.5 Å². The fraction of sp³-hybridized carbons (Fsp3) is 0.318. The van der Waals surface area contributed by atoms with Gasteiger partial charge in [-0.05, 0) is 43.7 Å². The summed E-state index contributed by atoms with van der Waals surface area (Å²) in [6.07, 6.45) is -4.03. The number of hydrogen-bond donors (Lipinski definition) is 2. The molecule has 0 bridgehead atoms. The highest BCUT2D eigenvalue weighted by Gasteiger charge is 2.31. The second-order valence-corrected chi connectivity index (χ2v) is 8.36. The summed E-state index contributed by atoms with van der Waals surface area (Å²) >= 11 is 1.18. The molecule has 2 N–H and O–H groups in total. The van der Waals surface area contributed by atoms with Crippen molar-refractivity contribution in [3.05, 3.63) is 42.0 Å². The molecule has 180 valence electrons. The lowest BCUT2D eigenvalue weighted by atomic mass is 10.2. The second kappa shape index (κ2) is 9.85. The number of carbonyl (C=O) groups is 1. The van der Waals surface area contributed by atoms with E-state index in [0.29, 0.717) is 52.1 Å². The Hall–Kier alpha value is -3.38. The summed E-state index contributed by atoms with van der Waals surface area (Å²) < 4.78 is 49.0. The summed E-state index contributed by atoms with van der Waals surface area (Å²) in [5, 5.41) is 6.43. The van der Waals surface area contributed by atoms with Gasteiger partial charge in [-0.15, -0.1) is 13.2 Å². The Morgan fingerprint density at radius 1 is 1.15 bits per heavy atom. The molecule has 0 aliphatic carbocycles. The number of carbonyl (C=O) groups excluding carboxylic acids is 1. The van der Waals surface area contributed by atoms with E-state index in [4.69, 9.17) is 4.74 Å². The summed E-state index contributed by atoms with van der Waals surface area (Å²) in [6, 6.07) is 9.22. The third kappa shape index (κ3) is 5.57. The number of halogens is 3. The van der Waals surface area contributed by atoms with Crippen molar-refractivity contribution < 1.29 is 27.4 Å². The zero-order valence-corrected chi connectivity index (χ0v) is 19.2. The quantitative estimate of drug-likeness (QED) is 0.320. The van der Waals surface area contributed by atoms with Gasteiger partial charge < -0.3 is 24.7 Å². The molecule has 0 saturated heterocycles. The fourth-order valence-corrected chi connectivity index (χ4v) is 4.21. The molecule has 12 heteroatoms. The summed E-state index contributed by atoms with van der Waals surface area (Å²) in [5.74, 6) is -0.0154. The van der Waals surface area contributed by atoms with Crippen LogP contribution in [0.15, 0.2) is 36.4 Å². The molecule has 4 rings (SSSR count). The summed E-state index contributed by atoms with van der Waals surface area (Å²) in [7, 11) is 1.81. The zero-order valence-electron chi connectivity index (χ0n) is 18.4. The molecule has 8 nitrogen and oxygen atoms in total. The monoisotopic (exact) mass is 493 g/mol. The Bertz CT molecular complexity index is 1320. The molecular weight excluding hydrogens is 471 g/mol. The number of amides is 1. The smallest absolute Gasteiger partial charge is 0.406 e. The first-order chi connectivity index (χ1) is 16.2. The van der Waals surface area contributed by atoms with Crippen molar-refractivity contribution in [3.63, 3.8) is 0 Å². The van der Waals surface area contributed by atoms with Crippen molar-refractivity contribution in [3.8, 4) is 5.75 Å². The molecule has 0 spiro atoms. The van der Waals surface area contributed by atoms with Crippen LogP contribution in [0.2, 0.25) is 0 Å². The predicted octanol–water partition coefficient (Wildman–Crippen LogP) is 4.98. The largest absolute Gasteiger partial charge is 0.573 e. The Balaban J connectivity index is 1.49. The highest BCUT2D eigenvalue weighted by atomic mass is 32.1. The first kappa shape index (κ1) is 23.8. The maximum Gasteiger partial charge on any atom is 0.573 e. The molecule has 4 aromatic rings. The lowest BCUT2D eigenvalue weighted by molar-refractivity contribution is -0.274. The molecule has 2 heterocycles. The maximum atomic E-state index is 12.5. The van der Waals surface area contributed by atoms with Gasteiger partial charge in [0.05, 0.1) is 21.3 Å². The maximum absolute atomic E-state index is 12.5. The average molecular weight is 494 g/mol. The van der Waals surface area contributed by atoms with E-state index in [9.17, 15) is 18.0 Å². The number of nitrogens with zero attached hydrogens (tertiary/aromatic N) is 3. The molecule has 0 aliphatic rings. The molecule has 2 aromatic heterocycles. The topological polar surface area (TPSA) is 90.3 Å². The molecule has 0 saturated carbocycles. The van der Waals surface area contributed by atoms with Crippen molar-refractivity contribution in [1.82, 2.24) is 19.9 Å². The standard InChI is InChI=1S/C22H22F3N5O3S/c1-3-32-10-4-9-26-19(31)13-5-8-17-16(11-13)27-20(30(17)2)29-21-28-15-7-6-14(12-18(15)34-21)33-22(23,24)25/h5-8,11-12H,3-4,9-10H2,1-2H3,(H,26,31)(H,27,28,29). The molecule has 0 radical (unpaired) electrons. The van der Waals surface area contributed by atoms with E-state index < -0.39 is 6.36 Å². The molecule has 0 aliphatic heterocycles. The van der Waals surface area contributed by atoms with E-state index >= 15 is 0 Å². The number of aromatic nitrogens is 3. The Kier molecular flexibility index (Phi) is 6.89. The normalized spacial score (nSPS) is 11.8. The van der Waals surface area contributed by atoms with Gasteiger partial charge >= 0.3 is 6.36 Å². The van der Waals surface area contributed by atoms with E-state index in [0.717, 1.165) is 11.9 Å². The number of imidazole rings is 1. The van der Waals surface area contributed by atoms with Gasteiger partial charge in [-0.1, -0.05) is 11.3 Å². The lowest BCUT2D eigenvalue weighted by Crippen LogP contribution is -2.25. The van der Waals surface area contributed by atoms with Gasteiger partial charge in [0.15, 0.2) is 5.13 Å². The predicted molar refractivity (Wildman–Crippen MR) is 124 cm³/mol. The van der Waals surface area contributed by atoms with Crippen LogP contribution in [0.25, 0.3) is 21.3 Å². The van der Waals surface area contributed by atoms with Gasteiger partial charge in [0.2, 0.25) is 5.95 Å². The van der Waals surface area contributed by atoms with Gasteiger partial charge in [-0.2, -0.15) is 0 Å². The molecule has 0 atom stereocenters. The molecule has 0 unspecified atom stereocenters. The van der Waals surface area contributed by atoms with Gasteiger partial charge in [-0.25, -0.2) is 9.97 Å². The van der Waals surface area contributed by atoms with Crippen LogP contribution in [-0.4, -0.2) is 46.6 Å². The number of ether oxygens (including phenoxy) is 2. The Labute approximate surface area is 196 Å². The minimum absolute atomic E-state index is 0.193. The highest BCUT2D eigenvalue weighted by Crippen LogP contribution is 2.33. The average Bonchev–Trinajstić information content (AvgIpc) is 3.32. The number of fused-ring (bicyclic) bond motifs is 2. The third-order valence-electron chi connectivity index (χ3n) is 4.91. The van der Waals surface area contributed by atoms with Crippen LogP contribution in [0.4, 0.5) is 24.3 Å². The van der Waals surface area contributed by atoms with Crippen LogP contribution in [-0.2, 0) is 11.8 Å². The third-order valence-corrected chi connectivity index (χ3v) is 5.84. The van der Waals surface area contributed by atoms with Gasteiger partial charge in [0, 0.05) is 38.4 Å². The lowest BCUT2D eigenvalue weighted by Gasteiger charge is -2.07. The van der Waals surface area contributed by atoms with Crippen molar-refractivity contribution in [2.75, 3.05) is 25.1 Å². The molecule has 0 fully saturated rings. The number of aryl methyl sites for hydroxylation is 1. The molecule has 34 heavy (non-hydrogen) atoms. The van der Waals surface area contributed by atoms with Crippen LogP contribution >= 0.6 is 11.3 Å². The van der Waals surface area contributed by atoms with E-state index in [1.807, 2.05) is 24.6 Å². The van der Waals surface area contributed by atoms with Crippen molar-refractivity contribution in [2.45, 2.75) is 19.7 Å². The Morgan fingerprint density at radius 3 is 2.74 bits per heavy atom. The van der Waals surface area contributed by atoms with Crippen LogP contribution in [0, 0.1) is 0 Å². The van der Waals surface area contributed by atoms with E-state index in [2.05, 4.69) is 25.3 Å². The van der Waals surface area contributed by atoms with Gasteiger partial charge in [-0.3, -0.25) is 4.79 Å². The first-order valence-electron chi connectivity index (χ1n) is 10.5. The van der Waals surface area contributed by atoms with Crippen LogP contribution in [0.3, 0.4) is 0 Å². The highest BCUT2D eigenvalue weighted by molar-refractivity contribution is 7.22. The summed E-state index contributed by atoms with van der Waals surface area (Å²) in [4.78, 5) is 21.4. The Morgan fingerprint density at radius 2 is 1.97 bits per heavy atom. The van der Waals surface area contributed by atoms with Crippen LogP contribution in [0.5, 0.6) is 5.75 Å². The summed E-state index contributed by atoms with van der Waals surface area (Å²) in [6.45, 7) is 3.67. The van der Waals surface area contributed by atoms with Crippen molar-refractivity contribution in [2.24, 2.45) is 7.05 Å². The van der Waals surface area contributed by atoms with Gasteiger partial charge in [0.1, 0.15) is 5.75 Å². The second-order valence-electron chi connectivity index (χ2n) is 7.33. The summed E-state index contributed by atoms with van der Waals surface area (Å²) in [5.41, 5.74) is 2.45. The van der Waals surface area contributed by atoms with E-state index in [-0.39, 0.29) is 11.7 Å². The number of hydrogen-bond acceptors (Lipinski definition) is 7. The number of anilines is 2. The zero-order chi connectivity index (χ0) is 24.3. The molecule has 2 aromatic carbocycles. The number of thiazole rings is 1. The van der Waals surface area contributed by atoms with E-state index in [1.54, 1.807) is 12.1 Å². The molecular formula is C22H22F3N5O3S. The first-order valence-corrected chi connectivity index (χ1v) is 11.3. The number of alkyl halides is 3. The SMILES string of the molecule is CCOCCCNC(=O)c1ccc2c(c1)nc(Nc1nc3ccc(OC(F)(F)F)cc3s1)n2C. The fourth-order valence-electron chi connectivity index (χ4n) is 3.33. The van der Waals surface area contributed by atoms with Crippen molar-refractivity contribution >= 4 is 49.6 Å². The van der Waals surface area contributed by atoms with Crippen LogP contribution in [0.1, 0.15) is 23.7 Å². The minimum Gasteiger partial charge on any atom is -0.406 e. The number of rotatable bonds is 9. The van der Waals surface area contributed by atoms with Crippen LogP contribution < -0.4 is 15.4 Å². The number of benzene rings is 2. The minimum atomic E-state index is -4.76. The molecule has 1 amide bonds.